The summed E-state index contributed by atoms with van der Waals surface area (Å²) in [5.41, 5.74) is 5.23. The normalized spacial score (nSPS) is 12.2. The average Bonchev–Trinajstić information content (AvgIpc) is 2.54. The van der Waals surface area contributed by atoms with Crippen LogP contribution in [0.4, 0.5) is 0 Å². The Hall–Kier alpha value is -2.38. The highest BCUT2D eigenvalue weighted by atomic mass is 32.1. The molecule has 0 aromatic rings. The van der Waals surface area contributed by atoms with Crippen molar-refractivity contribution < 1.29 is 39.3 Å². The molecule has 156 valence electrons. The molecule has 0 aliphatic carbocycles. The minimum Gasteiger partial charge on any atom is -0.480 e. The van der Waals surface area contributed by atoms with Gasteiger partial charge >= 0.3 is 17.9 Å². The van der Waals surface area contributed by atoms with Crippen molar-refractivity contribution in [2.75, 3.05) is 32.9 Å². The molecule has 0 rings (SSSR count). The maximum Gasteiger partial charge on any atom is 0.322 e. The number of nitrogens with zero attached hydrogens (tertiary/aromatic N) is 1. The number of hydrogen-bond donors (Lipinski definition) is 7. The van der Waals surface area contributed by atoms with Gasteiger partial charge in [-0.05, 0) is 20.5 Å². The quantitative estimate of drug-likeness (QED) is 0.178. The van der Waals surface area contributed by atoms with E-state index < -0.39 is 48.4 Å². The molecule has 7 N–H and O–H groups in total. The Morgan fingerprint density at radius 2 is 1.63 bits per heavy atom. The molecule has 0 heterocycles. The van der Waals surface area contributed by atoms with Crippen LogP contribution in [-0.4, -0.2) is 95.0 Å². The van der Waals surface area contributed by atoms with Crippen LogP contribution in [0.5, 0.6) is 0 Å². The van der Waals surface area contributed by atoms with E-state index in [2.05, 4.69) is 23.3 Å². The number of hydrogen-bond acceptors (Lipinski definition) is 8. The standard InChI is InChI=1S/C10H17N3O6S.C4H9NO2/c11-5(10(18)19)1-2-7(14)13-6(4-20)9(17)12-3-8(15)16;1-5(2)3-4(6)7/h5-6,20H,1-4,11H2,(H,12,17)(H,13,14)(H,15,16)(H,18,19);3H2,1-2H3,(H,6,7)/t5-,6-;/m0./s1. The van der Waals surface area contributed by atoms with Crippen LogP contribution in [-0.2, 0) is 24.0 Å². The summed E-state index contributed by atoms with van der Waals surface area (Å²) < 4.78 is 0. The zero-order chi connectivity index (χ0) is 21.6. The molecule has 12 nitrogen and oxygen atoms in total. The fraction of sp³-hybridized carbons (Fsp3) is 0.643. The number of rotatable bonds is 11. The van der Waals surface area contributed by atoms with Gasteiger partial charge in [-0.25, -0.2) is 0 Å². The second kappa shape index (κ2) is 14.8. The number of carboxylic acids is 3. The zero-order valence-electron chi connectivity index (χ0n) is 15.0. The van der Waals surface area contributed by atoms with E-state index in [0.717, 1.165) is 0 Å². The third-order valence-electron chi connectivity index (χ3n) is 2.70. The Morgan fingerprint density at radius 3 is 1.96 bits per heavy atom. The molecule has 0 aliphatic rings. The summed E-state index contributed by atoms with van der Waals surface area (Å²) in [6, 6.07) is -2.15. The Bertz CT molecular complexity index is 529. The van der Waals surface area contributed by atoms with Crippen molar-refractivity contribution in [3.05, 3.63) is 0 Å². The van der Waals surface area contributed by atoms with Crippen LogP contribution in [0.2, 0.25) is 0 Å². The Kier molecular flexibility index (Phi) is 14.7. The maximum atomic E-state index is 11.5. The predicted molar refractivity (Wildman–Crippen MR) is 97.5 cm³/mol. The highest BCUT2D eigenvalue weighted by molar-refractivity contribution is 7.80. The third-order valence-corrected chi connectivity index (χ3v) is 3.06. The molecule has 0 aliphatic heterocycles. The van der Waals surface area contributed by atoms with Gasteiger partial charge in [0.2, 0.25) is 11.8 Å². The van der Waals surface area contributed by atoms with Gasteiger partial charge in [0, 0.05) is 12.2 Å². The van der Waals surface area contributed by atoms with Gasteiger partial charge in [-0.1, -0.05) is 0 Å². The summed E-state index contributed by atoms with van der Waals surface area (Å²) >= 11 is 3.87. The monoisotopic (exact) mass is 410 g/mol. The van der Waals surface area contributed by atoms with E-state index in [4.69, 9.17) is 21.1 Å². The van der Waals surface area contributed by atoms with Gasteiger partial charge in [-0.2, -0.15) is 12.6 Å². The van der Waals surface area contributed by atoms with Crippen LogP contribution in [0.3, 0.4) is 0 Å². The van der Waals surface area contributed by atoms with Gasteiger partial charge < -0.3 is 31.7 Å². The summed E-state index contributed by atoms with van der Waals surface area (Å²) in [4.78, 5) is 55.1. The molecule has 13 heteroatoms. The SMILES string of the molecule is CN(C)CC(=O)O.N[C@@H](CCC(=O)N[C@@H](CS)C(=O)NCC(=O)O)C(=O)O. The number of thiol groups is 1. The van der Waals surface area contributed by atoms with Crippen LogP contribution in [0.25, 0.3) is 0 Å². The van der Waals surface area contributed by atoms with Crippen molar-refractivity contribution >= 4 is 42.4 Å². The van der Waals surface area contributed by atoms with Gasteiger partial charge in [0.05, 0.1) is 6.54 Å². The lowest BCUT2D eigenvalue weighted by atomic mass is 10.1. The molecule has 0 bridgehead atoms. The number of carboxylic acid groups (broad SMARTS) is 3. The molecule has 2 atom stereocenters. The number of aliphatic carboxylic acids is 3. The Balaban J connectivity index is 0. The van der Waals surface area contributed by atoms with E-state index in [1.165, 1.54) is 0 Å². The van der Waals surface area contributed by atoms with E-state index >= 15 is 0 Å². The van der Waals surface area contributed by atoms with Crippen molar-refractivity contribution in [1.29, 1.82) is 0 Å². The van der Waals surface area contributed by atoms with Crippen LogP contribution in [0.15, 0.2) is 0 Å². The van der Waals surface area contributed by atoms with E-state index in [1.807, 2.05) is 0 Å². The average molecular weight is 410 g/mol. The third kappa shape index (κ3) is 16.8. The van der Waals surface area contributed by atoms with Gasteiger partial charge in [0.15, 0.2) is 0 Å². The van der Waals surface area contributed by atoms with Gasteiger partial charge in [0.1, 0.15) is 18.6 Å². The van der Waals surface area contributed by atoms with Gasteiger partial charge in [-0.15, -0.1) is 0 Å². The van der Waals surface area contributed by atoms with Crippen molar-refractivity contribution in [2.24, 2.45) is 5.73 Å². The van der Waals surface area contributed by atoms with Crippen molar-refractivity contribution in [3.63, 3.8) is 0 Å². The minimum absolute atomic E-state index is 0.0256. The highest BCUT2D eigenvalue weighted by Crippen LogP contribution is 1.97. The van der Waals surface area contributed by atoms with Crippen molar-refractivity contribution in [3.8, 4) is 0 Å². The first-order valence-corrected chi connectivity index (χ1v) is 8.28. The molecular formula is C14H26N4O8S. The van der Waals surface area contributed by atoms with Crippen molar-refractivity contribution in [1.82, 2.24) is 15.5 Å². The summed E-state index contributed by atoms with van der Waals surface area (Å²) in [6.45, 7) is -0.455. The number of nitrogens with two attached hydrogens (primary N) is 1. The van der Waals surface area contributed by atoms with E-state index in [1.54, 1.807) is 19.0 Å². The van der Waals surface area contributed by atoms with Gasteiger partial charge in [-0.3, -0.25) is 28.9 Å². The van der Waals surface area contributed by atoms with Crippen LogP contribution >= 0.6 is 12.6 Å². The molecular weight excluding hydrogens is 384 g/mol. The van der Waals surface area contributed by atoms with Crippen LogP contribution in [0, 0.1) is 0 Å². The first-order chi connectivity index (χ1) is 12.4. The minimum atomic E-state index is -1.22. The molecule has 0 aromatic carbocycles. The number of likely N-dealkylation sites (N-methyl/N-ethyl adjacent to an activating group) is 1. The van der Waals surface area contributed by atoms with E-state index in [0.29, 0.717) is 0 Å². The zero-order valence-corrected chi connectivity index (χ0v) is 15.9. The highest BCUT2D eigenvalue weighted by Gasteiger charge is 2.20. The van der Waals surface area contributed by atoms with Crippen molar-refractivity contribution in [2.45, 2.75) is 24.9 Å². The number of amides is 2. The number of carbonyl (C=O) groups is 5. The van der Waals surface area contributed by atoms with Crippen LogP contribution in [0.1, 0.15) is 12.8 Å². The van der Waals surface area contributed by atoms with Gasteiger partial charge in [0.25, 0.3) is 0 Å². The first kappa shape index (κ1) is 26.8. The molecule has 0 saturated carbocycles. The number of nitrogens with one attached hydrogen (secondary N) is 2. The maximum absolute atomic E-state index is 11.5. The molecule has 0 fully saturated rings. The van der Waals surface area contributed by atoms with E-state index in [-0.39, 0.29) is 25.1 Å². The lowest BCUT2D eigenvalue weighted by molar-refractivity contribution is -0.139. The summed E-state index contributed by atoms with van der Waals surface area (Å²) in [7, 11) is 3.43. The molecule has 2 amide bonds. The Labute approximate surface area is 161 Å². The molecule has 0 aromatic heterocycles. The summed E-state index contributed by atoms with van der Waals surface area (Å²) in [5, 5.41) is 29.4. The topological polar surface area (TPSA) is 199 Å². The predicted octanol–water partition coefficient (Wildman–Crippen LogP) is -2.57. The smallest absolute Gasteiger partial charge is 0.322 e. The van der Waals surface area contributed by atoms with E-state index in [9.17, 15) is 24.0 Å². The molecule has 0 radical (unpaired) electrons. The molecule has 27 heavy (non-hydrogen) atoms. The molecule has 0 saturated heterocycles. The Morgan fingerprint density at radius 1 is 1.07 bits per heavy atom. The lowest BCUT2D eigenvalue weighted by Crippen LogP contribution is -2.49. The first-order valence-electron chi connectivity index (χ1n) is 7.65. The second-order valence-corrected chi connectivity index (χ2v) is 5.89. The summed E-state index contributed by atoms with van der Waals surface area (Å²) in [5.74, 6) is -4.49. The lowest BCUT2D eigenvalue weighted by Gasteiger charge is -2.16. The summed E-state index contributed by atoms with van der Waals surface area (Å²) in [6.07, 6.45) is -0.235. The fourth-order valence-corrected chi connectivity index (χ4v) is 1.68. The molecule has 0 unspecified atom stereocenters. The number of carbonyl (C=O) groups excluding carboxylic acids is 2. The van der Waals surface area contributed by atoms with Crippen LogP contribution < -0.4 is 16.4 Å². The largest absolute Gasteiger partial charge is 0.480 e. The second-order valence-electron chi connectivity index (χ2n) is 5.53. The molecule has 0 spiro atoms. The fourth-order valence-electron chi connectivity index (χ4n) is 1.43.